The predicted octanol–water partition coefficient (Wildman–Crippen LogP) is 4.24. The van der Waals surface area contributed by atoms with Crippen LogP contribution in [-0.4, -0.2) is 0 Å². The van der Waals surface area contributed by atoms with Crippen molar-refractivity contribution in [1.29, 1.82) is 0 Å². The van der Waals surface area contributed by atoms with E-state index in [1.807, 2.05) is 6.92 Å². The topological polar surface area (TPSA) is 0 Å². The minimum atomic E-state index is 1.13. The third-order valence-electron chi connectivity index (χ3n) is 1.87. The summed E-state index contributed by atoms with van der Waals surface area (Å²) in [6.45, 7) is 7.84. The van der Waals surface area contributed by atoms with E-state index in [0.717, 1.165) is 5.57 Å². The largest absolute Gasteiger partial charge is 0.126 e. The van der Waals surface area contributed by atoms with E-state index in [-0.39, 0.29) is 0 Å². The minimum Gasteiger partial charge on any atom is -0.126 e. The van der Waals surface area contributed by atoms with Gasteiger partial charge in [-0.15, -0.1) is 5.73 Å². The van der Waals surface area contributed by atoms with Gasteiger partial charge in [0.05, 0.1) is 0 Å². The molecule has 0 aliphatic rings. The molecule has 0 atom stereocenters. The number of rotatable bonds is 6. The van der Waals surface area contributed by atoms with Gasteiger partial charge in [0.2, 0.25) is 0 Å². The lowest BCUT2D eigenvalue weighted by Crippen LogP contribution is -1.73. The highest BCUT2D eigenvalue weighted by molar-refractivity contribution is 5.13. The van der Waals surface area contributed by atoms with E-state index < -0.39 is 0 Å². The third kappa shape index (κ3) is 7.37. The molecule has 0 nitrogen and oxygen atoms in total. The average molecular weight is 164 g/mol. The number of allylic oxidation sites excluding steroid dienone is 3. The lowest BCUT2D eigenvalue weighted by atomic mass is 10.1. The zero-order valence-corrected chi connectivity index (χ0v) is 8.40. The Bertz CT molecular complexity index is 168. The van der Waals surface area contributed by atoms with Gasteiger partial charge < -0.3 is 0 Å². The van der Waals surface area contributed by atoms with Crippen LogP contribution in [0.5, 0.6) is 0 Å². The van der Waals surface area contributed by atoms with Gasteiger partial charge in [-0.3, -0.25) is 0 Å². The summed E-state index contributed by atoms with van der Waals surface area (Å²) < 4.78 is 0. The summed E-state index contributed by atoms with van der Waals surface area (Å²) in [6.07, 6.45) is 10.9. The minimum absolute atomic E-state index is 1.13. The van der Waals surface area contributed by atoms with E-state index >= 15 is 0 Å². The fourth-order valence-electron chi connectivity index (χ4n) is 1.01. The second kappa shape index (κ2) is 8.36. The number of unbranched alkanes of at least 4 members (excludes halogenated alkanes) is 4. The monoisotopic (exact) mass is 164 g/mol. The standard InChI is InChI=1S/C12H20/c1-4-6-7-8-9-10-11-12(3)5-2/h10-11H,2,4,6-9H2,1,3H3. The highest BCUT2D eigenvalue weighted by atomic mass is 13.9. The summed E-state index contributed by atoms with van der Waals surface area (Å²) >= 11 is 0. The van der Waals surface area contributed by atoms with E-state index in [0.29, 0.717) is 0 Å². The van der Waals surface area contributed by atoms with Gasteiger partial charge >= 0.3 is 0 Å². The van der Waals surface area contributed by atoms with Crippen molar-refractivity contribution in [3.8, 4) is 0 Å². The van der Waals surface area contributed by atoms with E-state index in [9.17, 15) is 0 Å². The van der Waals surface area contributed by atoms with Crippen LogP contribution in [0.3, 0.4) is 0 Å². The Kier molecular flexibility index (Phi) is 7.84. The quantitative estimate of drug-likeness (QED) is 0.313. The molecule has 0 heteroatoms. The first-order valence-electron chi connectivity index (χ1n) is 4.84. The summed E-state index contributed by atoms with van der Waals surface area (Å²) in [7, 11) is 0. The lowest BCUT2D eigenvalue weighted by molar-refractivity contribution is 0.674. The molecular formula is C12H20. The van der Waals surface area contributed by atoms with Crippen LogP contribution < -0.4 is 0 Å². The van der Waals surface area contributed by atoms with E-state index in [1.54, 1.807) is 0 Å². The van der Waals surface area contributed by atoms with Crippen molar-refractivity contribution < 1.29 is 0 Å². The van der Waals surface area contributed by atoms with Gasteiger partial charge in [0.15, 0.2) is 0 Å². The molecule has 0 aliphatic carbocycles. The van der Waals surface area contributed by atoms with Crippen molar-refractivity contribution in [3.63, 3.8) is 0 Å². The van der Waals surface area contributed by atoms with Crippen molar-refractivity contribution in [1.82, 2.24) is 0 Å². The molecule has 12 heavy (non-hydrogen) atoms. The molecule has 0 N–H and O–H groups in total. The zero-order chi connectivity index (χ0) is 9.23. The van der Waals surface area contributed by atoms with Crippen LogP contribution in [0.1, 0.15) is 46.0 Å². The van der Waals surface area contributed by atoms with Crippen molar-refractivity contribution in [3.05, 3.63) is 30.0 Å². The van der Waals surface area contributed by atoms with Gasteiger partial charge in [0, 0.05) is 0 Å². The van der Waals surface area contributed by atoms with Gasteiger partial charge in [0.25, 0.3) is 0 Å². The maximum atomic E-state index is 3.58. The first-order chi connectivity index (χ1) is 5.81. The molecule has 0 aliphatic heterocycles. The molecular weight excluding hydrogens is 144 g/mol. The van der Waals surface area contributed by atoms with Crippen LogP contribution in [-0.2, 0) is 0 Å². The van der Waals surface area contributed by atoms with E-state index in [2.05, 4.69) is 31.4 Å². The zero-order valence-electron chi connectivity index (χ0n) is 8.40. The van der Waals surface area contributed by atoms with Crippen LogP contribution in [0.2, 0.25) is 0 Å². The van der Waals surface area contributed by atoms with Crippen LogP contribution in [0.15, 0.2) is 30.0 Å². The molecule has 0 aromatic rings. The molecule has 0 fully saturated rings. The Hall–Kier alpha value is -0.740. The molecule has 0 radical (unpaired) electrons. The van der Waals surface area contributed by atoms with Crippen LogP contribution >= 0.6 is 0 Å². The Balaban J connectivity index is 3.30. The molecule has 0 rings (SSSR count). The highest BCUT2D eigenvalue weighted by Gasteiger charge is 1.84. The third-order valence-corrected chi connectivity index (χ3v) is 1.87. The molecule has 0 saturated carbocycles. The van der Waals surface area contributed by atoms with E-state index in [1.165, 1.54) is 32.1 Å². The normalized spacial score (nSPS) is 10.2. The summed E-state index contributed by atoms with van der Waals surface area (Å²) in [5, 5.41) is 0. The highest BCUT2D eigenvalue weighted by Crippen LogP contribution is 2.03. The maximum Gasteiger partial charge on any atom is -0.0101 e. The van der Waals surface area contributed by atoms with Gasteiger partial charge in [-0.1, -0.05) is 44.9 Å². The fourth-order valence-corrected chi connectivity index (χ4v) is 1.01. The van der Waals surface area contributed by atoms with Crippen molar-refractivity contribution in [2.24, 2.45) is 0 Å². The van der Waals surface area contributed by atoms with Crippen LogP contribution in [0.25, 0.3) is 0 Å². The van der Waals surface area contributed by atoms with Gasteiger partial charge in [-0.05, 0) is 25.3 Å². The Labute approximate surface area is 76.7 Å². The molecule has 0 heterocycles. The first-order valence-corrected chi connectivity index (χ1v) is 4.84. The predicted molar refractivity (Wildman–Crippen MR) is 56.2 cm³/mol. The molecule has 0 unspecified atom stereocenters. The summed E-state index contributed by atoms with van der Waals surface area (Å²) in [5.41, 5.74) is 3.98. The van der Waals surface area contributed by atoms with Crippen molar-refractivity contribution in [2.75, 3.05) is 0 Å². The molecule has 0 aromatic carbocycles. The van der Waals surface area contributed by atoms with Gasteiger partial charge in [-0.2, -0.15) is 0 Å². The van der Waals surface area contributed by atoms with Gasteiger partial charge in [0.1, 0.15) is 0 Å². The SMILES string of the molecule is C=C=C(C)C=CCCCCCC. The van der Waals surface area contributed by atoms with Crippen LogP contribution in [0, 0.1) is 0 Å². The van der Waals surface area contributed by atoms with Crippen molar-refractivity contribution in [2.45, 2.75) is 46.0 Å². The molecule has 68 valence electrons. The lowest BCUT2D eigenvalue weighted by Gasteiger charge is -1.93. The second-order valence-electron chi connectivity index (χ2n) is 3.11. The molecule has 0 spiro atoms. The second-order valence-corrected chi connectivity index (χ2v) is 3.11. The molecule has 0 bridgehead atoms. The fraction of sp³-hybridized carbons (Fsp3) is 0.583. The molecule has 0 amide bonds. The Morgan fingerprint density at radius 2 is 2.08 bits per heavy atom. The van der Waals surface area contributed by atoms with Gasteiger partial charge in [-0.25, -0.2) is 0 Å². The molecule has 0 saturated heterocycles. The average Bonchev–Trinajstić information content (AvgIpc) is 2.10. The smallest absolute Gasteiger partial charge is 0.0101 e. The van der Waals surface area contributed by atoms with Crippen LogP contribution in [0.4, 0.5) is 0 Å². The van der Waals surface area contributed by atoms with Crippen molar-refractivity contribution >= 4 is 0 Å². The first kappa shape index (κ1) is 11.3. The summed E-state index contributed by atoms with van der Waals surface area (Å²) in [6, 6.07) is 0. The Morgan fingerprint density at radius 1 is 1.33 bits per heavy atom. The molecule has 0 aromatic heterocycles. The number of hydrogen-bond donors (Lipinski definition) is 0. The Morgan fingerprint density at radius 3 is 2.67 bits per heavy atom. The number of hydrogen-bond acceptors (Lipinski definition) is 0. The summed E-state index contributed by atoms with van der Waals surface area (Å²) in [5.74, 6) is 0. The summed E-state index contributed by atoms with van der Waals surface area (Å²) in [4.78, 5) is 0. The van der Waals surface area contributed by atoms with E-state index in [4.69, 9.17) is 0 Å². The maximum absolute atomic E-state index is 3.58.